The number of nitrogens with zero attached hydrogens (tertiary/aromatic N) is 6. The summed E-state index contributed by atoms with van der Waals surface area (Å²) in [5.41, 5.74) is 1.46. The molecule has 2 aromatic heterocycles. The van der Waals surface area contributed by atoms with Crippen molar-refractivity contribution in [3.05, 3.63) is 41.4 Å². The van der Waals surface area contributed by atoms with Crippen LogP contribution in [-0.2, 0) is 6.67 Å². The molecule has 0 spiro atoms. The molecule has 1 aliphatic rings. The maximum absolute atomic E-state index is 5.62. The van der Waals surface area contributed by atoms with E-state index in [9.17, 15) is 0 Å². The van der Waals surface area contributed by atoms with Gasteiger partial charge in [-0.3, -0.25) is 4.90 Å². The molecule has 1 fully saturated rings. The molecule has 7 nitrogen and oxygen atoms in total. The second-order valence-corrected chi connectivity index (χ2v) is 6.20. The van der Waals surface area contributed by atoms with Crippen LogP contribution in [0.25, 0.3) is 17.3 Å². The predicted octanol–water partition coefficient (Wildman–Crippen LogP) is 2.90. The van der Waals surface area contributed by atoms with Crippen molar-refractivity contribution in [1.29, 1.82) is 0 Å². The molecule has 3 heterocycles. The van der Waals surface area contributed by atoms with Crippen molar-refractivity contribution in [2.45, 2.75) is 25.9 Å². The number of piperidine rings is 1. The van der Waals surface area contributed by atoms with Crippen LogP contribution in [0.2, 0.25) is 0 Å². The van der Waals surface area contributed by atoms with Crippen molar-refractivity contribution in [3.63, 3.8) is 0 Å². The van der Waals surface area contributed by atoms with E-state index in [4.69, 9.17) is 16.6 Å². The monoisotopic (exact) mass is 342 g/mol. The van der Waals surface area contributed by atoms with Gasteiger partial charge in [-0.1, -0.05) is 24.6 Å². The third-order valence-electron chi connectivity index (χ3n) is 4.09. The SMILES string of the molecule is S=c1oc(-c2cnn(-c3ccccc3)n2)nn1CN1CCCCC1. The third-order valence-corrected chi connectivity index (χ3v) is 4.38. The Bertz CT molecular complexity index is 862. The number of hydrogen-bond acceptors (Lipinski definition) is 6. The van der Waals surface area contributed by atoms with Gasteiger partial charge in [-0.15, -0.1) is 10.2 Å². The van der Waals surface area contributed by atoms with Gasteiger partial charge in [0.2, 0.25) is 0 Å². The molecule has 8 heteroatoms. The van der Waals surface area contributed by atoms with E-state index in [1.807, 2.05) is 30.3 Å². The Hall–Kier alpha value is -2.32. The van der Waals surface area contributed by atoms with Gasteiger partial charge in [0.1, 0.15) is 0 Å². The zero-order valence-corrected chi connectivity index (χ0v) is 14.0. The zero-order valence-electron chi connectivity index (χ0n) is 13.2. The standard InChI is InChI=1S/C16H18N6OS/c24-16-21(12-20-9-5-2-6-10-20)19-15(23-16)14-11-17-22(18-14)13-7-3-1-4-8-13/h1,3-4,7-8,11H,2,5-6,9-10,12H2. The van der Waals surface area contributed by atoms with Gasteiger partial charge in [-0.2, -0.15) is 9.90 Å². The smallest absolute Gasteiger partial charge is 0.288 e. The maximum atomic E-state index is 5.62. The first-order valence-electron chi connectivity index (χ1n) is 8.08. The van der Waals surface area contributed by atoms with Gasteiger partial charge in [0.15, 0.2) is 5.69 Å². The van der Waals surface area contributed by atoms with Crippen LogP contribution in [0.4, 0.5) is 0 Å². The van der Waals surface area contributed by atoms with E-state index >= 15 is 0 Å². The molecule has 1 aromatic carbocycles. The lowest BCUT2D eigenvalue weighted by atomic mass is 10.1. The van der Waals surface area contributed by atoms with Crippen molar-refractivity contribution in [2.24, 2.45) is 0 Å². The average molecular weight is 342 g/mol. The maximum Gasteiger partial charge on any atom is 0.288 e. The minimum absolute atomic E-state index is 0.366. The quantitative estimate of drug-likeness (QED) is 0.679. The Morgan fingerprint density at radius 2 is 1.83 bits per heavy atom. The summed E-state index contributed by atoms with van der Waals surface area (Å²) in [5.74, 6) is 0.402. The summed E-state index contributed by atoms with van der Waals surface area (Å²) in [4.78, 5) is 4.26. The fourth-order valence-corrected chi connectivity index (χ4v) is 3.01. The van der Waals surface area contributed by atoms with Gasteiger partial charge in [-0.25, -0.2) is 4.68 Å². The molecule has 3 aromatic rings. The second kappa shape index (κ2) is 6.66. The van der Waals surface area contributed by atoms with Crippen LogP contribution >= 0.6 is 12.2 Å². The van der Waals surface area contributed by atoms with Crippen LogP contribution in [0, 0.1) is 4.84 Å². The van der Waals surface area contributed by atoms with Gasteiger partial charge in [0.25, 0.3) is 10.7 Å². The van der Waals surface area contributed by atoms with E-state index in [1.54, 1.807) is 15.7 Å². The van der Waals surface area contributed by atoms with Crippen molar-refractivity contribution < 1.29 is 4.42 Å². The highest BCUT2D eigenvalue weighted by molar-refractivity contribution is 7.71. The van der Waals surface area contributed by atoms with Crippen molar-refractivity contribution in [3.8, 4) is 17.3 Å². The molecule has 124 valence electrons. The molecular formula is C16H18N6OS. The topological polar surface area (TPSA) is 64.9 Å². The summed E-state index contributed by atoms with van der Waals surface area (Å²) in [7, 11) is 0. The van der Waals surface area contributed by atoms with Gasteiger partial charge in [-0.05, 0) is 50.3 Å². The fourth-order valence-electron chi connectivity index (χ4n) is 2.84. The second-order valence-electron chi connectivity index (χ2n) is 5.85. The third kappa shape index (κ3) is 3.15. The summed E-state index contributed by atoms with van der Waals surface area (Å²) >= 11 is 5.29. The summed E-state index contributed by atoms with van der Waals surface area (Å²) in [6.07, 6.45) is 5.39. The van der Waals surface area contributed by atoms with Crippen LogP contribution in [-0.4, -0.2) is 42.8 Å². The number of aromatic nitrogens is 5. The Labute approximate surface area is 144 Å². The molecule has 0 bridgehead atoms. The number of likely N-dealkylation sites (tertiary alicyclic amines) is 1. The van der Waals surface area contributed by atoms with E-state index in [1.165, 1.54) is 19.3 Å². The number of benzene rings is 1. The van der Waals surface area contributed by atoms with Gasteiger partial charge in [0.05, 0.1) is 18.6 Å². The minimum Gasteiger partial charge on any atom is -0.407 e. The molecule has 1 aliphatic heterocycles. The van der Waals surface area contributed by atoms with E-state index < -0.39 is 0 Å². The van der Waals surface area contributed by atoms with Crippen molar-refractivity contribution >= 4 is 12.2 Å². The number of hydrogen-bond donors (Lipinski definition) is 0. The lowest BCUT2D eigenvalue weighted by Gasteiger charge is -2.25. The Balaban J connectivity index is 1.56. The summed E-state index contributed by atoms with van der Waals surface area (Å²) < 4.78 is 7.34. The lowest BCUT2D eigenvalue weighted by Crippen LogP contribution is -2.32. The van der Waals surface area contributed by atoms with Gasteiger partial charge < -0.3 is 4.42 Å². The Morgan fingerprint density at radius 3 is 2.62 bits per heavy atom. The van der Waals surface area contributed by atoms with E-state index in [2.05, 4.69) is 20.2 Å². The van der Waals surface area contributed by atoms with Crippen molar-refractivity contribution in [1.82, 2.24) is 29.7 Å². The highest BCUT2D eigenvalue weighted by atomic mass is 32.1. The Kier molecular flexibility index (Phi) is 4.22. The molecule has 4 rings (SSSR count). The molecule has 0 unspecified atom stereocenters. The normalized spacial score (nSPS) is 15.7. The van der Waals surface area contributed by atoms with E-state index in [0.717, 1.165) is 18.8 Å². The number of para-hydroxylation sites is 1. The van der Waals surface area contributed by atoms with Gasteiger partial charge in [0, 0.05) is 0 Å². The highest BCUT2D eigenvalue weighted by Gasteiger charge is 2.16. The molecule has 24 heavy (non-hydrogen) atoms. The van der Waals surface area contributed by atoms with E-state index in [0.29, 0.717) is 23.1 Å². The lowest BCUT2D eigenvalue weighted by molar-refractivity contribution is 0.170. The largest absolute Gasteiger partial charge is 0.407 e. The minimum atomic E-state index is 0.366. The van der Waals surface area contributed by atoms with Gasteiger partial charge >= 0.3 is 0 Å². The Morgan fingerprint density at radius 1 is 1.04 bits per heavy atom. The molecule has 0 N–H and O–H groups in total. The summed E-state index contributed by atoms with van der Waals surface area (Å²) in [5, 5.41) is 13.2. The first-order chi connectivity index (χ1) is 11.8. The molecule has 0 atom stereocenters. The number of rotatable bonds is 4. The molecule has 0 amide bonds. The van der Waals surface area contributed by atoms with Crippen LogP contribution in [0.1, 0.15) is 19.3 Å². The first-order valence-corrected chi connectivity index (χ1v) is 8.49. The van der Waals surface area contributed by atoms with Crippen LogP contribution in [0.5, 0.6) is 0 Å². The predicted molar refractivity (Wildman–Crippen MR) is 91.1 cm³/mol. The summed E-state index contributed by atoms with van der Waals surface area (Å²) in [6, 6.07) is 9.71. The highest BCUT2D eigenvalue weighted by Crippen LogP contribution is 2.17. The van der Waals surface area contributed by atoms with Crippen LogP contribution in [0.3, 0.4) is 0 Å². The van der Waals surface area contributed by atoms with Crippen molar-refractivity contribution in [2.75, 3.05) is 13.1 Å². The molecule has 0 aliphatic carbocycles. The zero-order chi connectivity index (χ0) is 16.4. The molecule has 1 saturated heterocycles. The fraction of sp³-hybridized carbons (Fsp3) is 0.375. The molecular weight excluding hydrogens is 324 g/mol. The van der Waals surface area contributed by atoms with Crippen LogP contribution in [0.15, 0.2) is 40.9 Å². The van der Waals surface area contributed by atoms with E-state index in [-0.39, 0.29) is 0 Å². The first kappa shape index (κ1) is 15.2. The summed E-state index contributed by atoms with van der Waals surface area (Å²) in [6.45, 7) is 2.82. The molecule has 0 radical (unpaired) electrons. The van der Waals surface area contributed by atoms with Crippen LogP contribution < -0.4 is 0 Å². The molecule has 0 saturated carbocycles. The average Bonchev–Trinajstić information content (AvgIpc) is 3.24.